The fraction of sp³-hybridized carbons (Fsp3) is 0.688. The first kappa shape index (κ1) is 32.3. The number of nitrogens with zero attached hydrogens (tertiary/aromatic N) is 1. The van der Waals surface area contributed by atoms with Gasteiger partial charge in [-0.15, -0.1) is 11.3 Å². The number of carboxylic acid groups (broad SMARTS) is 1. The number of rotatable bonds is 10. The molecule has 1 amide bonds. The number of aromatic carboxylic acids is 1. The van der Waals surface area contributed by atoms with Gasteiger partial charge in [0, 0.05) is 24.0 Å². The van der Waals surface area contributed by atoms with Crippen molar-refractivity contribution in [1.29, 1.82) is 0 Å². The lowest BCUT2D eigenvalue weighted by atomic mass is 9.81. The van der Waals surface area contributed by atoms with E-state index in [0.29, 0.717) is 49.5 Å². The molecule has 1 aliphatic heterocycles. The summed E-state index contributed by atoms with van der Waals surface area (Å²) in [5.41, 5.74) is 0.426. The molecule has 1 aromatic rings. The van der Waals surface area contributed by atoms with Crippen LogP contribution in [0, 0.1) is 29.1 Å². The minimum absolute atomic E-state index is 0.0133. The number of hydrogen-bond donors (Lipinski definition) is 2. The number of ether oxygens (including phenoxy) is 2. The van der Waals surface area contributed by atoms with Gasteiger partial charge in [0.1, 0.15) is 4.88 Å². The van der Waals surface area contributed by atoms with Crippen LogP contribution in [0.1, 0.15) is 102 Å². The topological polar surface area (TPSA) is 96.3 Å². The summed E-state index contributed by atoms with van der Waals surface area (Å²) in [6, 6.07) is 1.54. The van der Waals surface area contributed by atoms with Gasteiger partial charge < -0.3 is 24.6 Å². The number of allylic oxidation sites excluding steroid dienone is 2. The third kappa shape index (κ3) is 8.66. The molecule has 7 nitrogen and oxygen atoms in total. The maximum Gasteiger partial charge on any atom is 0.348 e. The molecule has 1 unspecified atom stereocenters. The number of amides is 1. The summed E-state index contributed by atoms with van der Waals surface area (Å²) in [5.74, 6) is 4.94. The second-order valence-electron chi connectivity index (χ2n) is 12.7. The molecule has 0 spiro atoms. The van der Waals surface area contributed by atoms with Crippen LogP contribution in [0.2, 0.25) is 0 Å². The van der Waals surface area contributed by atoms with E-state index in [0.717, 1.165) is 24.2 Å². The highest BCUT2D eigenvalue weighted by atomic mass is 32.1. The van der Waals surface area contributed by atoms with Gasteiger partial charge in [-0.1, -0.05) is 37.3 Å². The van der Waals surface area contributed by atoms with E-state index in [1.165, 1.54) is 5.57 Å². The Labute approximate surface area is 243 Å². The van der Waals surface area contributed by atoms with Gasteiger partial charge >= 0.3 is 5.97 Å². The molecule has 2 heterocycles. The van der Waals surface area contributed by atoms with Gasteiger partial charge in [0.15, 0.2) is 0 Å². The van der Waals surface area contributed by atoms with Gasteiger partial charge in [-0.2, -0.15) is 0 Å². The van der Waals surface area contributed by atoms with Crippen LogP contribution < -0.4 is 4.90 Å². The molecule has 8 heteroatoms. The quantitative estimate of drug-likeness (QED) is 0.252. The smallest absolute Gasteiger partial charge is 0.348 e. The first-order valence-electron chi connectivity index (χ1n) is 14.5. The van der Waals surface area contributed by atoms with E-state index in [-0.39, 0.29) is 46.8 Å². The third-order valence-corrected chi connectivity index (χ3v) is 9.10. The fourth-order valence-corrected chi connectivity index (χ4v) is 6.09. The van der Waals surface area contributed by atoms with Gasteiger partial charge in [-0.3, -0.25) is 4.79 Å². The summed E-state index contributed by atoms with van der Waals surface area (Å²) in [5, 5.41) is 21.4. The van der Waals surface area contributed by atoms with E-state index < -0.39 is 11.6 Å². The van der Waals surface area contributed by atoms with Crippen molar-refractivity contribution < 1.29 is 29.3 Å². The first-order chi connectivity index (χ1) is 18.7. The molecule has 40 heavy (non-hydrogen) atoms. The van der Waals surface area contributed by atoms with Crippen molar-refractivity contribution in [2.45, 2.75) is 105 Å². The Morgan fingerprint density at radius 3 is 2.50 bits per heavy atom. The Bertz CT molecular complexity index is 1120. The first-order valence-corrected chi connectivity index (χ1v) is 15.3. The van der Waals surface area contributed by atoms with Crippen LogP contribution in [0.3, 0.4) is 0 Å². The summed E-state index contributed by atoms with van der Waals surface area (Å²) >= 11 is 1.12. The standard InChI is InChI=1S/C32H47NO6S/c1-8-21(2)17-22(3)23(4)29(34)33(27-18-26(11-13-31(5,6)7)40-28(27)30(35)36)24-9-14-32(37,15-10-24)20-39-25-12-16-38-19-25/h8,18,22-25,37H,9-10,12,14-17,19-20H2,1-7H3,(H,35,36)/b21-8-/t22-,23?,24-,25-,32+/m1/s1. The van der Waals surface area contributed by atoms with E-state index in [1.807, 2.05) is 34.6 Å². The molecule has 2 aliphatic rings. The molecule has 2 fully saturated rings. The predicted molar refractivity (Wildman–Crippen MR) is 160 cm³/mol. The van der Waals surface area contributed by atoms with Crippen molar-refractivity contribution in [3.05, 3.63) is 27.5 Å². The summed E-state index contributed by atoms with van der Waals surface area (Å²) in [6.07, 6.45) is 5.76. The molecule has 3 atom stereocenters. The lowest BCUT2D eigenvalue weighted by Crippen LogP contribution is -2.50. The molecular formula is C32H47NO6S. The lowest BCUT2D eigenvalue weighted by Gasteiger charge is -2.42. The molecule has 2 N–H and O–H groups in total. The Balaban J connectivity index is 1.91. The molecule has 0 bridgehead atoms. The molecule has 0 aromatic carbocycles. The summed E-state index contributed by atoms with van der Waals surface area (Å²) < 4.78 is 11.3. The van der Waals surface area contributed by atoms with Crippen LogP contribution in [0.4, 0.5) is 5.69 Å². The summed E-state index contributed by atoms with van der Waals surface area (Å²) in [6.45, 7) is 15.6. The Hall–Kier alpha value is -2.18. The van der Waals surface area contributed by atoms with Crippen LogP contribution in [-0.2, 0) is 14.3 Å². The molecule has 1 aliphatic carbocycles. The van der Waals surface area contributed by atoms with Crippen LogP contribution in [0.15, 0.2) is 17.7 Å². The maximum atomic E-state index is 14.2. The Morgan fingerprint density at radius 1 is 1.27 bits per heavy atom. The average Bonchev–Trinajstić information content (AvgIpc) is 3.57. The van der Waals surface area contributed by atoms with Crippen molar-refractivity contribution in [2.75, 3.05) is 24.7 Å². The number of carbonyl (C=O) groups excluding carboxylic acids is 1. The van der Waals surface area contributed by atoms with Crippen LogP contribution >= 0.6 is 11.3 Å². The summed E-state index contributed by atoms with van der Waals surface area (Å²) in [4.78, 5) is 29.1. The van der Waals surface area contributed by atoms with E-state index >= 15 is 0 Å². The number of thiophene rings is 1. The average molecular weight is 574 g/mol. The van der Waals surface area contributed by atoms with E-state index in [9.17, 15) is 19.8 Å². The van der Waals surface area contributed by atoms with Crippen LogP contribution in [0.5, 0.6) is 0 Å². The number of anilines is 1. The van der Waals surface area contributed by atoms with Crippen molar-refractivity contribution >= 4 is 28.9 Å². The van der Waals surface area contributed by atoms with Gasteiger partial charge in [0.2, 0.25) is 5.91 Å². The second-order valence-corrected chi connectivity index (χ2v) is 13.7. The lowest BCUT2D eigenvalue weighted by molar-refractivity contribution is -0.125. The minimum Gasteiger partial charge on any atom is -0.477 e. The number of aliphatic hydroxyl groups is 1. The number of carboxylic acids is 1. The molecule has 222 valence electrons. The van der Waals surface area contributed by atoms with Crippen molar-refractivity contribution in [3.8, 4) is 11.8 Å². The molecule has 1 aromatic heterocycles. The monoisotopic (exact) mass is 573 g/mol. The minimum atomic E-state index is -1.06. The van der Waals surface area contributed by atoms with E-state index in [4.69, 9.17) is 9.47 Å². The van der Waals surface area contributed by atoms with E-state index in [1.54, 1.807) is 11.0 Å². The van der Waals surface area contributed by atoms with Crippen molar-refractivity contribution in [2.24, 2.45) is 17.3 Å². The van der Waals surface area contributed by atoms with Crippen molar-refractivity contribution in [3.63, 3.8) is 0 Å². The Kier molecular flexibility index (Phi) is 11.0. The third-order valence-electron chi connectivity index (χ3n) is 8.07. The zero-order chi connectivity index (χ0) is 29.7. The normalized spacial score (nSPS) is 25.1. The highest BCUT2D eigenvalue weighted by Gasteiger charge is 2.41. The molecule has 1 saturated heterocycles. The highest BCUT2D eigenvalue weighted by Crippen LogP contribution is 2.39. The number of hydrogen-bond acceptors (Lipinski definition) is 6. The molecule has 1 saturated carbocycles. The van der Waals surface area contributed by atoms with Crippen molar-refractivity contribution in [1.82, 2.24) is 0 Å². The van der Waals surface area contributed by atoms with Gasteiger partial charge in [0.05, 0.1) is 35.5 Å². The SMILES string of the molecule is C/C=C(/C)C[C@@H](C)C(C)C(=O)N(c1cc(C#CC(C)(C)C)sc1C(=O)O)[C@H]1CC[C@](O)(CO[C@@H]2CCOC2)CC1. The van der Waals surface area contributed by atoms with Gasteiger partial charge in [0.25, 0.3) is 0 Å². The van der Waals surface area contributed by atoms with E-state index in [2.05, 4.69) is 31.8 Å². The van der Waals surface area contributed by atoms with Gasteiger partial charge in [-0.25, -0.2) is 4.79 Å². The molecular weight excluding hydrogens is 526 g/mol. The summed E-state index contributed by atoms with van der Waals surface area (Å²) in [7, 11) is 0. The Morgan fingerprint density at radius 2 is 1.95 bits per heavy atom. The zero-order valence-corrected chi connectivity index (χ0v) is 26.0. The zero-order valence-electron chi connectivity index (χ0n) is 25.2. The largest absolute Gasteiger partial charge is 0.477 e. The second kappa shape index (κ2) is 13.7. The maximum absolute atomic E-state index is 14.2. The van der Waals surface area contributed by atoms with Gasteiger partial charge in [-0.05, 0) is 85.1 Å². The molecule has 3 rings (SSSR count). The highest BCUT2D eigenvalue weighted by molar-refractivity contribution is 7.15. The fourth-order valence-electron chi connectivity index (χ4n) is 5.24. The van der Waals surface area contributed by atoms with Crippen LogP contribution in [0.25, 0.3) is 0 Å². The molecule has 0 radical (unpaired) electrons. The van der Waals surface area contributed by atoms with Crippen LogP contribution in [-0.4, -0.2) is 59.7 Å². The predicted octanol–water partition coefficient (Wildman–Crippen LogP) is 6.28. The number of carbonyl (C=O) groups is 2.